The van der Waals surface area contributed by atoms with Crippen LogP contribution in [0.4, 0.5) is 5.69 Å². The Balaban J connectivity index is 0.00000144. The number of nitrogens with zero attached hydrogens (tertiary/aromatic N) is 2. The number of aromatic nitrogens is 2. The van der Waals surface area contributed by atoms with Crippen LogP contribution >= 0.6 is 12.4 Å². The molecule has 22 heavy (non-hydrogen) atoms. The molecule has 4 rings (SSSR count). The topological polar surface area (TPSA) is 94.0 Å². The van der Waals surface area contributed by atoms with Gasteiger partial charge in [-0.05, 0) is 30.9 Å². The molecule has 0 saturated heterocycles. The molecular weight excluding hydrogens is 304 g/mol. The molecule has 1 aliphatic heterocycles. The Morgan fingerprint density at radius 1 is 1.32 bits per heavy atom. The molecule has 2 aliphatic rings. The molecule has 2 heterocycles. The maximum Gasteiger partial charge on any atom is 0.234 e. The monoisotopic (exact) mass is 320 g/mol. The second-order valence-electron chi connectivity index (χ2n) is 5.86. The predicted octanol–water partition coefficient (Wildman–Crippen LogP) is 2.30. The number of para-hydroxylation sites is 1. The number of benzene rings is 1. The van der Waals surface area contributed by atoms with Crippen LogP contribution in [0.5, 0.6) is 0 Å². The lowest BCUT2D eigenvalue weighted by atomic mass is 9.77. The summed E-state index contributed by atoms with van der Waals surface area (Å²) in [5.74, 6) is 0.806. The molecule has 1 amide bonds. The van der Waals surface area contributed by atoms with Gasteiger partial charge in [0.2, 0.25) is 11.8 Å². The fraction of sp³-hybridized carbons (Fsp3) is 0.400. The first kappa shape index (κ1) is 15.0. The number of carbonyl (C=O) groups is 1. The fourth-order valence-electron chi connectivity index (χ4n) is 2.99. The number of carbonyl (C=O) groups excluding carboxylic acids is 1. The molecule has 1 saturated carbocycles. The van der Waals surface area contributed by atoms with Crippen molar-refractivity contribution in [3.05, 3.63) is 41.5 Å². The number of nitrogens with two attached hydrogens (primary N) is 1. The summed E-state index contributed by atoms with van der Waals surface area (Å²) in [5.41, 5.74) is 7.59. The van der Waals surface area contributed by atoms with Crippen LogP contribution < -0.4 is 11.1 Å². The first-order valence-corrected chi connectivity index (χ1v) is 7.17. The summed E-state index contributed by atoms with van der Waals surface area (Å²) in [7, 11) is 0. The van der Waals surface area contributed by atoms with Crippen LogP contribution in [0.2, 0.25) is 0 Å². The SMILES string of the molecule is Cl.NC1(c2noc(C3CC(=O)Nc4ccccc43)n2)CCC1. The molecule has 3 N–H and O–H groups in total. The van der Waals surface area contributed by atoms with E-state index in [1.54, 1.807) is 0 Å². The van der Waals surface area contributed by atoms with Crippen LogP contribution in [0.3, 0.4) is 0 Å². The van der Waals surface area contributed by atoms with Gasteiger partial charge >= 0.3 is 0 Å². The standard InChI is InChI=1S/C15H16N4O2.ClH/c16-15(6-3-7-15)14-18-13(21-19-14)10-8-12(20)17-11-5-2-1-4-9(10)11;/h1-2,4-5,10H,3,6-8,16H2,(H,17,20);1H. The number of nitrogens with one attached hydrogen (secondary N) is 1. The van der Waals surface area contributed by atoms with E-state index in [2.05, 4.69) is 15.5 Å². The summed E-state index contributed by atoms with van der Waals surface area (Å²) in [6, 6.07) is 7.69. The van der Waals surface area contributed by atoms with E-state index in [9.17, 15) is 4.79 Å². The van der Waals surface area contributed by atoms with Gasteiger partial charge in [0.25, 0.3) is 0 Å². The van der Waals surface area contributed by atoms with Gasteiger partial charge in [0.15, 0.2) is 5.82 Å². The predicted molar refractivity (Wildman–Crippen MR) is 82.8 cm³/mol. The zero-order chi connectivity index (χ0) is 14.4. The molecule has 1 fully saturated rings. The third-order valence-electron chi connectivity index (χ3n) is 4.43. The summed E-state index contributed by atoms with van der Waals surface area (Å²) in [6.45, 7) is 0. The molecule has 0 spiro atoms. The van der Waals surface area contributed by atoms with Gasteiger partial charge in [-0.25, -0.2) is 0 Å². The maximum atomic E-state index is 11.9. The van der Waals surface area contributed by atoms with E-state index < -0.39 is 5.54 Å². The molecule has 7 heteroatoms. The zero-order valence-electron chi connectivity index (χ0n) is 11.9. The Kier molecular flexibility index (Phi) is 3.66. The highest BCUT2D eigenvalue weighted by molar-refractivity contribution is 5.95. The van der Waals surface area contributed by atoms with E-state index in [1.165, 1.54) is 0 Å². The van der Waals surface area contributed by atoms with Crippen LogP contribution in [0.25, 0.3) is 0 Å². The van der Waals surface area contributed by atoms with E-state index in [4.69, 9.17) is 10.3 Å². The Hall–Kier alpha value is -1.92. The lowest BCUT2D eigenvalue weighted by Crippen LogP contribution is -2.44. The fourth-order valence-corrected chi connectivity index (χ4v) is 2.99. The lowest BCUT2D eigenvalue weighted by molar-refractivity contribution is -0.116. The largest absolute Gasteiger partial charge is 0.339 e. The van der Waals surface area contributed by atoms with E-state index in [1.807, 2.05) is 24.3 Å². The normalized spacial score (nSPS) is 22.0. The third-order valence-corrected chi connectivity index (χ3v) is 4.43. The molecule has 1 aliphatic carbocycles. The molecule has 116 valence electrons. The summed E-state index contributed by atoms with van der Waals surface area (Å²) in [4.78, 5) is 16.3. The van der Waals surface area contributed by atoms with Gasteiger partial charge in [-0.1, -0.05) is 23.4 Å². The Morgan fingerprint density at radius 2 is 2.09 bits per heavy atom. The van der Waals surface area contributed by atoms with Crippen molar-refractivity contribution in [1.82, 2.24) is 10.1 Å². The quantitative estimate of drug-likeness (QED) is 0.885. The van der Waals surface area contributed by atoms with Crippen LogP contribution in [0.1, 0.15) is 48.9 Å². The minimum absolute atomic E-state index is 0. The van der Waals surface area contributed by atoms with E-state index in [-0.39, 0.29) is 24.2 Å². The minimum atomic E-state index is -0.446. The van der Waals surface area contributed by atoms with Gasteiger partial charge in [-0.2, -0.15) is 4.98 Å². The molecule has 1 aromatic carbocycles. The molecule has 6 nitrogen and oxygen atoms in total. The second kappa shape index (κ2) is 5.37. The van der Waals surface area contributed by atoms with Crippen molar-refractivity contribution >= 4 is 24.0 Å². The van der Waals surface area contributed by atoms with Crippen LogP contribution in [0, 0.1) is 0 Å². The van der Waals surface area contributed by atoms with Crippen molar-refractivity contribution in [2.75, 3.05) is 5.32 Å². The second-order valence-corrected chi connectivity index (χ2v) is 5.86. The maximum absolute atomic E-state index is 11.9. The van der Waals surface area contributed by atoms with Gasteiger partial charge in [-0.15, -0.1) is 12.4 Å². The molecule has 1 atom stereocenters. The summed E-state index contributed by atoms with van der Waals surface area (Å²) < 4.78 is 5.41. The van der Waals surface area contributed by atoms with E-state index in [0.29, 0.717) is 18.1 Å². The third kappa shape index (κ3) is 2.28. The summed E-state index contributed by atoms with van der Waals surface area (Å²) in [6.07, 6.45) is 3.17. The smallest absolute Gasteiger partial charge is 0.234 e. The number of anilines is 1. The number of amides is 1. The van der Waals surface area contributed by atoms with E-state index >= 15 is 0 Å². The minimum Gasteiger partial charge on any atom is -0.339 e. The van der Waals surface area contributed by atoms with Crippen molar-refractivity contribution in [3.8, 4) is 0 Å². The summed E-state index contributed by atoms with van der Waals surface area (Å²) in [5, 5.41) is 6.91. The Labute approximate surface area is 133 Å². The number of fused-ring (bicyclic) bond motifs is 1. The van der Waals surface area contributed by atoms with Gasteiger partial charge < -0.3 is 15.6 Å². The molecule has 2 aromatic rings. The highest BCUT2D eigenvalue weighted by atomic mass is 35.5. The zero-order valence-corrected chi connectivity index (χ0v) is 12.7. The highest BCUT2D eigenvalue weighted by Crippen LogP contribution is 2.40. The Bertz CT molecular complexity index is 711. The Morgan fingerprint density at radius 3 is 2.82 bits per heavy atom. The number of halogens is 1. The van der Waals surface area contributed by atoms with Crippen molar-refractivity contribution in [3.63, 3.8) is 0 Å². The first-order valence-electron chi connectivity index (χ1n) is 7.17. The number of hydrogen-bond donors (Lipinski definition) is 2. The molecule has 0 bridgehead atoms. The van der Waals surface area contributed by atoms with Crippen LogP contribution in [0.15, 0.2) is 28.8 Å². The lowest BCUT2D eigenvalue weighted by Gasteiger charge is -2.34. The average Bonchev–Trinajstić information content (AvgIpc) is 2.93. The van der Waals surface area contributed by atoms with Gasteiger partial charge in [0.1, 0.15) is 0 Å². The highest BCUT2D eigenvalue weighted by Gasteiger charge is 2.40. The van der Waals surface area contributed by atoms with E-state index in [0.717, 1.165) is 30.5 Å². The number of hydrogen-bond acceptors (Lipinski definition) is 5. The number of rotatable bonds is 2. The summed E-state index contributed by atoms with van der Waals surface area (Å²) >= 11 is 0. The van der Waals surface area contributed by atoms with Crippen molar-refractivity contribution in [2.45, 2.75) is 37.1 Å². The first-order chi connectivity index (χ1) is 10.2. The van der Waals surface area contributed by atoms with Crippen molar-refractivity contribution in [2.24, 2.45) is 5.73 Å². The average molecular weight is 321 g/mol. The van der Waals surface area contributed by atoms with Crippen LogP contribution in [-0.4, -0.2) is 16.0 Å². The van der Waals surface area contributed by atoms with Gasteiger partial charge in [0.05, 0.1) is 11.5 Å². The van der Waals surface area contributed by atoms with Crippen molar-refractivity contribution < 1.29 is 9.32 Å². The van der Waals surface area contributed by atoms with Crippen molar-refractivity contribution in [1.29, 1.82) is 0 Å². The van der Waals surface area contributed by atoms with Crippen LogP contribution in [-0.2, 0) is 10.3 Å². The molecule has 0 radical (unpaired) electrons. The molecular formula is C15H17ClN4O2. The molecule has 1 aromatic heterocycles. The molecule has 1 unspecified atom stereocenters. The van der Waals surface area contributed by atoms with Gasteiger partial charge in [-0.3, -0.25) is 4.79 Å². The van der Waals surface area contributed by atoms with Gasteiger partial charge in [0, 0.05) is 12.1 Å².